The Labute approximate surface area is 105 Å². The highest BCUT2D eigenvalue weighted by atomic mass is 16.4. The van der Waals surface area contributed by atoms with Crippen molar-refractivity contribution in [2.75, 3.05) is 6.54 Å². The van der Waals surface area contributed by atoms with Gasteiger partial charge in [0.1, 0.15) is 0 Å². The molecule has 0 aliphatic heterocycles. The molecule has 3 atom stereocenters. The van der Waals surface area contributed by atoms with Crippen LogP contribution in [0.3, 0.4) is 0 Å². The SMILES string of the molecule is CCC(C)CNC(=O)C1C(C(=O)O)CC1C(=O)O. The molecule has 3 N–H and O–H groups in total. The number of carbonyl (C=O) groups is 3. The monoisotopic (exact) mass is 257 g/mol. The lowest BCUT2D eigenvalue weighted by Crippen LogP contribution is -2.53. The molecule has 1 rings (SSSR count). The van der Waals surface area contributed by atoms with Crippen LogP contribution in [0.15, 0.2) is 0 Å². The minimum Gasteiger partial charge on any atom is -0.481 e. The number of nitrogens with one attached hydrogen (secondary N) is 1. The van der Waals surface area contributed by atoms with E-state index in [-0.39, 0.29) is 6.42 Å². The van der Waals surface area contributed by atoms with Crippen molar-refractivity contribution in [1.82, 2.24) is 5.32 Å². The number of hydrogen-bond acceptors (Lipinski definition) is 3. The quantitative estimate of drug-likeness (QED) is 0.645. The molecule has 1 fully saturated rings. The standard InChI is InChI=1S/C12H19NO5/c1-3-6(2)5-13-10(14)9-7(11(15)16)4-8(9)12(17)18/h6-9H,3-5H2,1-2H3,(H,13,14)(H,15,16)(H,17,18). The molecule has 0 heterocycles. The zero-order valence-electron chi connectivity index (χ0n) is 10.5. The normalized spacial score (nSPS) is 28.0. The fourth-order valence-corrected chi connectivity index (χ4v) is 2.06. The first kappa shape index (κ1) is 14.5. The van der Waals surface area contributed by atoms with E-state index >= 15 is 0 Å². The number of amides is 1. The van der Waals surface area contributed by atoms with Crippen LogP contribution < -0.4 is 5.32 Å². The van der Waals surface area contributed by atoms with Gasteiger partial charge in [0.15, 0.2) is 0 Å². The Morgan fingerprint density at radius 3 is 2.11 bits per heavy atom. The highest BCUT2D eigenvalue weighted by Gasteiger charge is 2.53. The molecule has 1 aliphatic rings. The molecular weight excluding hydrogens is 238 g/mol. The predicted octanol–water partition coefficient (Wildman–Crippen LogP) is 0.570. The van der Waals surface area contributed by atoms with E-state index in [4.69, 9.17) is 10.2 Å². The minimum absolute atomic E-state index is 0.0338. The number of rotatable bonds is 6. The topological polar surface area (TPSA) is 104 Å². The van der Waals surface area contributed by atoms with Crippen LogP contribution in [0.1, 0.15) is 26.7 Å². The van der Waals surface area contributed by atoms with E-state index in [1.807, 2.05) is 13.8 Å². The Morgan fingerprint density at radius 2 is 1.72 bits per heavy atom. The molecule has 0 aromatic carbocycles. The summed E-state index contributed by atoms with van der Waals surface area (Å²) in [6.07, 6.45) is 0.932. The lowest BCUT2D eigenvalue weighted by Gasteiger charge is -2.38. The maximum Gasteiger partial charge on any atom is 0.307 e. The van der Waals surface area contributed by atoms with E-state index in [1.54, 1.807) is 0 Å². The molecule has 1 amide bonds. The number of hydrogen-bond donors (Lipinski definition) is 3. The average Bonchev–Trinajstić information content (AvgIpc) is 2.23. The summed E-state index contributed by atoms with van der Waals surface area (Å²) in [7, 11) is 0. The van der Waals surface area contributed by atoms with Gasteiger partial charge in [0, 0.05) is 6.54 Å². The smallest absolute Gasteiger partial charge is 0.307 e. The van der Waals surface area contributed by atoms with Crippen LogP contribution in [0.4, 0.5) is 0 Å². The van der Waals surface area contributed by atoms with Crippen LogP contribution in [0.25, 0.3) is 0 Å². The highest BCUT2D eigenvalue weighted by molar-refractivity contribution is 5.92. The summed E-state index contributed by atoms with van der Waals surface area (Å²) >= 11 is 0. The maximum atomic E-state index is 11.8. The van der Waals surface area contributed by atoms with Gasteiger partial charge in [-0.15, -0.1) is 0 Å². The molecule has 0 bridgehead atoms. The summed E-state index contributed by atoms with van der Waals surface area (Å²) in [5.74, 6) is -5.05. The second-order valence-corrected chi connectivity index (χ2v) is 4.91. The number of aliphatic carboxylic acids is 2. The molecule has 0 spiro atoms. The van der Waals surface area contributed by atoms with Gasteiger partial charge in [0.05, 0.1) is 17.8 Å². The van der Waals surface area contributed by atoms with Gasteiger partial charge in [-0.1, -0.05) is 20.3 Å². The molecule has 0 aromatic rings. The fourth-order valence-electron chi connectivity index (χ4n) is 2.06. The molecule has 0 radical (unpaired) electrons. The van der Waals surface area contributed by atoms with Crippen molar-refractivity contribution in [1.29, 1.82) is 0 Å². The van der Waals surface area contributed by atoms with Crippen LogP contribution in [-0.4, -0.2) is 34.6 Å². The molecule has 102 valence electrons. The van der Waals surface area contributed by atoms with Gasteiger partial charge in [0.25, 0.3) is 0 Å². The Morgan fingerprint density at radius 1 is 1.22 bits per heavy atom. The third kappa shape index (κ3) is 3.00. The molecular formula is C12H19NO5. The number of carboxylic acid groups (broad SMARTS) is 2. The van der Waals surface area contributed by atoms with Gasteiger partial charge in [-0.3, -0.25) is 14.4 Å². The summed E-state index contributed by atoms with van der Waals surface area (Å²) in [6, 6.07) is 0. The van der Waals surface area contributed by atoms with Crippen LogP contribution in [0.2, 0.25) is 0 Å². The van der Waals surface area contributed by atoms with E-state index < -0.39 is 35.6 Å². The Kier molecular flexibility index (Phi) is 4.69. The first-order valence-electron chi connectivity index (χ1n) is 6.11. The Balaban J connectivity index is 2.61. The van der Waals surface area contributed by atoms with Crippen molar-refractivity contribution >= 4 is 17.8 Å². The second kappa shape index (κ2) is 5.84. The lowest BCUT2D eigenvalue weighted by molar-refractivity contribution is -0.167. The summed E-state index contributed by atoms with van der Waals surface area (Å²) < 4.78 is 0. The van der Waals surface area contributed by atoms with Crippen LogP contribution in [0, 0.1) is 23.7 Å². The van der Waals surface area contributed by atoms with Gasteiger partial charge in [-0.05, 0) is 12.3 Å². The molecule has 0 saturated heterocycles. The molecule has 0 aromatic heterocycles. The van der Waals surface area contributed by atoms with E-state index in [0.717, 1.165) is 6.42 Å². The number of carboxylic acids is 2. The highest BCUT2D eigenvalue weighted by Crippen LogP contribution is 2.41. The lowest BCUT2D eigenvalue weighted by atomic mass is 9.64. The molecule has 3 unspecified atom stereocenters. The van der Waals surface area contributed by atoms with E-state index in [9.17, 15) is 14.4 Å². The van der Waals surface area contributed by atoms with Crippen molar-refractivity contribution in [2.24, 2.45) is 23.7 Å². The van der Waals surface area contributed by atoms with Gasteiger partial charge < -0.3 is 15.5 Å². The van der Waals surface area contributed by atoms with Crippen molar-refractivity contribution in [2.45, 2.75) is 26.7 Å². The maximum absolute atomic E-state index is 11.8. The summed E-state index contributed by atoms with van der Waals surface area (Å²) in [6.45, 7) is 4.40. The Bertz CT molecular complexity index is 334. The minimum atomic E-state index is -1.10. The third-order valence-electron chi connectivity index (χ3n) is 3.63. The first-order valence-corrected chi connectivity index (χ1v) is 6.11. The van der Waals surface area contributed by atoms with Gasteiger partial charge in [-0.25, -0.2) is 0 Å². The molecule has 6 nitrogen and oxygen atoms in total. The fraction of sp³-hybridized carbons (Fsp3) is 0.750. The predicted molar refractivity (Wildman–Crippen MR) is 62.8 cm³/mol. The molecule has 1 saturated carbocycles. The van der Waals surface area contributed by atoms with Crippen molar-refractivity contribution in [3.05, 3.63) is 0 Å². The average molecular weight is 257 g/mol. The number of carbonyl (C=O) groups excluding carboxylic acids is 1. The summed E-state index contributed by atoms with van der Waals surface area (Å²) in [5.41, 5.74) is 0. The molecule has 1 aliphatic carbocycles. The van der Waals surface area contributed by atoms with Gasteiger partial charge in [0.2, 0.25) is 5.91 Å². The van der Waals surface area contributed by atoms with Crippen molar-refractivity contribution in [3.8, 4) is 0 Å². The van der Waals surface area contributed by atoms with Crippen molar-refractivity contribution < 1.29 is 24.6 Å². The van der Waals surface area contributed by atoms with E-state index in [2.05, 4.69) is 5.32 Å². The van der Waals surface area contributed by atoms with E-state index in [0.29, 0.717) is 12.5 Å². The molecule has 18 heavy (non-hydrogen) atoms. The van der Waals surface area contributed by atoms with Crippen LogP contribution in [-0.2, 0) is 14.4 Å². The van der Waals surface area contributed by atoms with Gasteiger partial charge >= 0.3 is 11.9 Å². The van der Waals surface area contributed by atoms with Crippen molar-refractivity contribution in [3.63, 3.8) is 0 Å². The Hall–Kier alpha value is -1.59. The van der Waals surface area contributed by atoms with E-state index in [1.165, 1.54) is 0 Å². The largest absolute Gasteiger partial charge is 0.481 e. The zero-order valence-corrected chi connectivity index (χ0v) is 10.5. The van der Waals surface area contributed by atoms with Crippen LogP contribution in [0.5, 0.6) is 0 Å². The van der Waals surface area contributed by atoms with Gasteiger partial charge in [-0.2, -0.15) is 0 Å². The summed E-state index contributed by atoms with van der Waals surface area (Å²) in [5, 5.41) is 20.4. The first-order chi connectivity index (χ1) is 8.38. The second-order valence-electron chi connectivity index (χ2n) is 4.91. The summed E-state index contributed by atoms with van der Waals surface area (Å²) in [4.78, 5) is 33.6. The molecule has 6 heteroatoms. The third-order valence-corrected chi connectivity index (χ3v) is 3.63. The zero-order chi connectivity index (χ0) is 13.9. The van der Waals surface area contributed by atoms with Crippen LogP contribution >= 0.6 is 0 Å².